The van der Waals surface area contributed by atoms with Crippen LogP contribution in [-0.4, -0.2) is 23.7 Å². The van der Waals surface area contributed by atoms with Crippen LogP contribution in [0.4, 0.5) is 0 Å². The van der Waals surface area contributed by atoms with Crippen LogP contribution in [0.5, 0.6) is 0 Å². The van der Waals surface area contributed by atoms with E-state index < -0.39 is 6.10 Å². The number of aliphatic hydroxyl groups excluding tert-OH is 1. The molecule has 3 heteroatoms. The average molecular weight is 277 g/mol. The van der Waals surface area contributed by atoms with E-state index in [0.29, 0.717) is 13.0 Å². The Morgan fingerprint density at radius 2 is 1.75 bits per heavy atom. The lowest BCUT2D eigenvalue weighted by Crippen LogP contribution is -2.39. The highest BCUT2D eigenvalue weighted by Crippen LogP contribution is 2.18. The molecule has 1 atom stereocenters. The molecule has 1 unspecified atom stereocenters. The van der Waals surface area contributed by atoms with Gasteiger partial charge in [-0.2, -0.15) is 0 Å². The summed E-state index contributed by atoms with van der Waals surface area (Å²) in [5, 5.41) is 12.7. The molecule has 0 aromatic heterocycles. The molecule has 0 heterocycles. The number of benzene rings is 1. The molecule has 1 aromatic carbocycles. The van der Waals surface area contributed by atoms with Crippen molar-refractivity contribution < 1.29 is 9.90 Å². The third-order valence-corrected chi connectivity index (χ3v) is 3.56. The van der Waals surface area contributed by atoms with Crippen LogP contribution < -0.4 is 5.32 Å². The summed E-state index contributed by atoms with van der Waals surface area (Å²) >= 11 is 0. The van der Waals surface area contributed by atoms with E-state index in [1.807, 2.05) is 20.8 Å². The molecule has 0 spiro atoms. The number of carbonyl (C=O) groups is 1. The van der Waals surface area contributed by atoms with Gasteiger partial charge in [-0.05, 0) is 29.4 Å². The first-order chi connectivity index (χ1) is 9.32. The van der Waals surface area contributed by atoms with Gasteiger partial charge in [-0.1, -0.05) is 52.0 Å². The third kappa shape index (κ3) is 5.74. The lowest BCUT2D eigenvalue weighted by molar-refractivity contribution is -0.121. The van der Waals surface area contributed by atoms with Crippen LogP contribution in [0.15, 0.2) is 24.3 Å². The molecule has 20 heavy (non-hydrogen) atoms. The van der Waals surface area contributed by atoms with Crippen molar-refractivity contribution in [2.45, 2.75) is 53.1 Å². The van der Waals surface area contributed by atoms with Crippen molar-refractivity contribution in [2.24, 2.45) is 5.41 Å². The van der Waals surface area contributed by atoms with Crippen molar-refractivity contribution in [1.82, 2.24) is 5.32 Å². The van der Waals surface area contributed by atoms with Crippen LogP contribution in [0.3, 0.4) is 0 Å². The molecular formula is C17H27NO2. The van der Waals surface area contributed by atoms with Gasteiger partial charge in [0.1, 0.15) is 0 Å². The van der Waals surface area contributed by atoms with E-state index in [1.165, 1.54) is 11.1 Å². The summed E-state index contributed by atoms with van der Waals surface area (Å²) in [6.45, 7) is 8.32. The highest BCUT2D eigenvalue weighted by atomic mass is 16.3. The quantitative estimate of drug-likeness (QED) is 0.840. The minimum atomic E-state index is -0.518. The van der Waals surface area contributed by atoms with Crippen LogP contribution in [0.1, 0.15) is 45.2 Å². The van der Waals surface area contributed by atoms with E-state index in [9.17, 15) is 9.90 Å². The maximum atomic E-state index is 11.7. The first-order valence-corrected chi connectivity index (χ1v) is 7.35. The highest BCUT2D eigenvalue weighted by molar-refractivity contribution is 5.76. The summed E-state index contributed by atoms with van der Waals surface area (Å²) in [5.74, 6) is -0.00660. The topological polar surface area (TPSA) is 49.3 Å². The Kier molecular flexibility index (Phi) is 6.21. The van der Waals surface area contributed by atoms with Crippen LogP contribution in [0.25, 0.3) is 0 Å². The van der Waals surface area contributed by atoms with Gasteiger partial charge in [-0.15, -0.1) is 0 Å². The molecule has 0 aliphatic rings. The van der Waals surface area contributed by atoms with Crippen molar-refractivity contribution in [3.05, 3.63) is 35.4 Å². The number of hydrogen-bond donors (Lipinski definition) is 2. The molecule has 2 N–H and O–H groups in total. The normalized spacial score (nSPS) is 13.1. The summed E-state index contributed by atoms with van der Waals surface area (Å²) in [5.41, 5.74) is 2.28. The first kappa shape index (κ1) is 16.7. The van der Waals surface area contributed by atoms with E-state index in [1.54, 1.807) is 0 Å². The van der Waals surface area contributed by atoms with E-state index in [-0.39, 0.29) is 11.3 Å². The summed E-state index contributed by atoms with van der Waals surface area (Å²) in [7, 11) is 0. The summed E-state index contributed by atoms with van der Waals surface area (Å²) in [6.07, 6.45) is 1.71. The average Bonchev–Trinajstić information content (AvgIpc) is 2.41. The third-order valence-electron chi connectivity index (χ3n) is 3.56. The van der Waals surface area contributed by atoms with Crippen molar-refractivity contribution in [3.8, 4) is 0 Å². The lowest BCUT2D eigenvalue weighted by atomic mass is 9.89. The minimum absolute atomic E-state index is 0.00660. The molecular weight excluding hydrogens is 250 g/mol. The Hall–Kier alpha value is -1.35. The number of amides is 1. The zero-order valence-corrected chi connectivity index (χ0v) is 13.1. The predicted octanol–water partition coefficient (Wildman–Crippen LogP) is 2.70. The number of nitrogens with one attached hydrogen (secondary N) is 1. The van der Waals surface area contributed by atoms with Crippen LogP contribution in [-0.2, 0) is 17.6 Å². The van der Waals surface area contributed by atoms with Gasteiger partial charge in [-0.3, -0.25) is 4.79 Å². The van der Waals surface area contributed by atoms with Crippen molar-refractivity contribution in [1.29, 1.82) is 0 Å². The summed E-state index contributed by atoms with van der Waals surface area (Å²) in [4.78, 5) is 11.7. The van der Waals surface area contributed by atoms with Gasteiger partial charge in [0.25, 0.3) is 0 Å². The second-order valence-electron chi connectivity index (χ2n) is 6.36. The van der Waals surface area contributed by atoms with E-state index >= 15 is 0 Å². The monoisotopic (exact) mass is 277 g/mol. The molecule has 0 saturated heterocycles. The first-order valence-electron chi connectivity index (χ1n) is 7.35. The smallest absolute Gasteiger partial charge is 0.220 e. The zero-order valence-electron chi connectivity index (χ0n) is 13.1. The number of aliphatic hydroxyl groups is 1. The molecule has 3 nitrogen and oxygen atoms in total. The van der Waals surface area contributed by atoms with E-state index in [2.05, 4.69) is 36.5 Å². The fourth-order valence-corrected chi connectivity index (χ4v) is 1.80. The van der Waals surface area contributed by atoms with Crippen LogP contribution in [0, 0.1) is 5.41 Å². The Bertz CT molecular complexity index is 418. The molecule has 0 aliphatic carbocycles. The second-order valence-corrected chi connectivity index (χ2v) is 6.36. The van der Waals surface area contributed by atoms with Crippen molar-refractivity contribution in [3.63, 3.8) is 0 Å². The molecule has 0 bridgehead atoms. The largest absolute Gasteiger partial charge is 0.391 e. The molecule has 112 valence electrons. The fraction of sp³-hybridized carbons (Fsp3) is 0.588. The van der Waals surface area contributed by atoms with Gasteiger partial charge in [0.15, 0.2) is 0 Å². The lowest BCUT2D eigenvalue weighted by Gasteiger charge is -2.25. The SMILES string of the molecule is CCc1ccc(CCC(=O)NCC(O)C(C)(C)C)cc1. The molecule has 1 rings (SSSR count). The fourth-order valence-electron chi connectivity index (χ4n) is 1.80. The predicted molar refractivity (Wildman–Crippen MR) is 82.6 cm³/mol. The molecule has 0 saturated carbocycles. The van der Waals surface area contributed by atoms with Gasteiger partial charge in [-0.25, -0.2) is 0 Å². The Balaban J connectivity index is 2.32. The van der Waals surface area contributed by atoms with Crippen LogP contribution >= 0.6 is 0 Å². The standard InChI is InChI=1S/C17H27NO2/c1-5-13-6-8-14(9-7-13)10-11-16(20)18-12-15(19)17(2,3)4/h6-9,15,19H,5,10-12H2,1-4H3,(H,18,20). The maximum Gasteiger partial charge on any atom is 0.220 e. The number of aryl methyl sites for hydroxylation is 2. The Morgan fingerprint density at radius 3 is 2.25 bits per heavy atom. The van der Waals surface area contributed by atoms with E-state index in [0.717, 1.165) is 12.8 Å². The van der Waals surface area contributed by atoms with E-state index in [4.69, 9.17) is 0 Å². The zero-order chi connectivity index (χ0) is 15.2. The Labute approximate surface area is 122 Å². The number of carbonyl (C=O) groups excluding carboxylic acids is 1. The molecule has 0 aliphatic heterocycles. The Morgan fingerprint density at radius 1 is 1.20 bits per heavy atom. The molecule has 0 fully saturated rings. The van der Waals surface area contributed by atoms with Gasteiger partial charge in [0, 0.05) is 13.0 Å². The molecule has 1 amide bonds. The molecule has 0 radical (unpaired) electrons. The number of rotatable bonds is 6. The summed E-state index contributed by atoms with van der Waals surface area (Å²) in [6, 6.07) is 8.37. The highest BCUT2D eigenvalue weighted by Gasteiger charge is 2.22. The molecule has 1 aromatic rings. The van der Waals surface area contributed by atoms with Crippen molar-refractivity contribution in [2.75, 3.05) is 6.54 Å². The van der Waals surface area contributed by atoms with Crippen LogP contribution in [0.2, 0.25) is 0 Å². The number of hydrogen-bond acceptors (Lipinski definition) is 2. The van der Waals surface area contributed by atoms with Gasteiger partial charge in [0.2, 0.25) is 5.91 Å². The second kappa shape index (κ2) is 7.44. The minimum Gasteiger partial charge on any atom is -0.391 e. The van der Waals surface area contributed by atoms with Gasteiger partial charge in [0.05, 0.1) is 6.10 Å². The van der Waals surface area contributed by atoms with Gasteiger partial charge >= 0.3 is 0 Å². The maximum absolute atomic E-state index is 11.7. The van der Waals surface area contributed by atoms with Crippen molar-refractivity contribution >= 4 is 5.91 Å². The summed E-state index contributed by atoms with van der Waals surface area (Å²) < 4.78 is 0. The van der Waals surface area contributed by atoms with Gasteiger partial charge < -0.3 is 10.4 Å².